The van der Waals surface area contributed by atoms with E-state index < -0.39 is 11.2 Å². The summed E-state index contributed by atoms with van der Waals surface area (Å²) in [6, 6.07) is 31.1. The molecule has 4 aromatic carbocycles. The zero-order valence-electron chi connectivity index (χ0n) is 49.9. The van der Waals surface area contributed by atoms with E-state index in [0.717, 1.165) is 159 Å². The van der Waals surface area contributed by atoms with Gasteiger partial charge in [-0.15, -0.1) is 0 Å². The zero-order chi connectivity index (χ0) is 56.7. The first-order valence-corrected chi connectivity index (χ1v) is 31.6. The predicted octanol–water partition coefficient (Wildman–Crippen LogP) is 16.1. The number of benzene rings is 4. The zero-order valence-corrected chi connectivity index (χ0v) is 49.9. The van der Waals surface area contributed by atoms with Crippen LogP contribution in [0.25, 0.3) is 0 Å². The van der Waals surface area contributed by atoms with Crippen LogP contribution in [0.2, 0.25) is 0 Å². The molecule has 6 heteroatoms. The SMILES string of the molecule is C=C(C)[C@@H]1CC2=C(C)[C@H](C1)OCc1ccc(cc1)COc1ccc3c(c1)CC[C@@H]1[C@@H]3CC[C@@]3(C)[C@H]1CC[C@@]3(O)C#CC1=C(C)[C@H](C[C@H](C(=C)C)C1)OCc1ccc(cc1)COc1ccc3c(c1)CC[C@@H]1[C@@H]3CC[C@@]3(C)[C@H]1CC[C@@]3(O)C#C2. The van der Waals surface area contributed by atoms with Crippen molar-refractivity contribution in [2.24, 2.45) is 46.3 Å². The Hall–Kier alpha value is -5.60. The summed E-state index contributed by atoms with van der Waals surface area (Å²) in [6.45, 7) is 24.2. The third-order valence-electron chi connectivity index (χ3n) is 23.5. The van der Waals surface area contributed by atoms with Crippen molar-refractivity contribution in [2.75, 3.05) is 0 Å². The Kier molecular flexibility index (Phi) is 14.8. The van der Waals surface area contributed by atoms with Gasteiger partial charge in [0.15, 0.2) is 0 Å². The van der Waals surface area contributed by atoms with Crippen molar-refractivity contribution in [3.05, 3.63) is 176 Å². The molecule has 6 nitrogen and oxygen atoms in total. The normalized spacial score (nSPS) is 35.9. The Labute approximate surface area is 490 Å². The van der Waals surface area contributed by atoms with Gasteiger partial charge in [-0.1, -0.05) is 122 Å². The van der Waals surface area contributed by atoms with Crippen LogP contribution in [-0.4, -0.2) is 33.6 Å². The second kappa shape index (κ2) is 21.8. The van der Waals surface area contributed by atoms with Gasteiger partial charge in [0.2, 0.25) is 0 Å². The minimum absolute atomic E-state index is 0.0699. The summed E-state index contributed by atoms with van der Waals surface area (Å²) in [5.74, 6) is 19.8. The van der Waals surface area contributed by atoms with E-state index in [4.69, 9.17) is 18.9 Å². The van der Waals surface area contributed by atoms with Crippen LogP contribution >= 0.6 is 0 Å². The molecule has 24 bridgehead atoms. The topological polar surface area (TPSA) is 77.4 Å². The van der Waals surface area contributed by atoms with Gasteiger partial charge in [0.1, 0.15) is 35.9 Å². The molecule has 0 spiro atoms. The Morgan fingerprint density at radius 3 is 1.29 bits per heavy atom. The molecule has 4 fully saturated rings. The van der Waals surface area contributed by atoms with Crippen molar-refractivity contribution in [3.63, 3.8) is 0 Å². The van der Waals surface area contributed by atoms with Gasteiger partial charge in [0.05, 0.1) is 25.4 Å². The Bertz CT molecular complexity index is 3130. The molecule has 0 unspecified atom stereocenters. The third kappa shape index (κ3) is 9.98. The Balaban J connectivity index is 0.765. The van der Waals surface area contributed by atoms with E-state index >= 15 is 0 Å². The van der Waals surface area contributed by atoms with E-state index in [-0.39, 0.29) is 34.9 Å². The van der Waals surface area contributed by atoms with Crippen LogP contribution in [0.3, 0.4) is 0 Å². The fraction of sp³-hybridized carbons (Fsp3) is 0.526. The van der Waals surface area contributed by atoms with Crippen molar-refractivity contribution in [2.45, 2.75) is 206 Å². The van der Waals surface area contributed by atoms with Crippen LogP contribution in [0, 0.1) is 70.0 Å². The predicted molar refractivity (Wildman–Crippen MR) is 327 cm³/mol. The molecule has 22 aliphatic rings. The summed E-state index contributed by atoms with van der Waals surface area (Å²) in [5.41, 5.74) is 14.7. The summed E-state index contributed by atoms with van der Waals surface area (Å²) in [7, 11) is 0. The van der Waals surface area contributed by atoms with Crippen LogP contribution in [-0.2, 0) is 48.7 Å². The van der Waals surface area contributed by atoms with E-state index in [0.29, 0.717) is 61.9 Å². The fourth-order valence-corrected chi connectivity index (χ4v) is 18.0. The molecule has 4 aromatic rings. The van der Waals surface area contributed by atoms with E-state index in [1.807, 2.05) is 0 Å². The van der Waals surface area contributed by atoms with E-state index in [1.165, 1.54) is 33.4 Å². The molecule has 8 aliphatic carbocycles. The summed E-state index contributed by atoms with van der Waals surface area (Å²) >= 11 is 0. The average molecular weight is 1100 g/mol. The van der Waals surface area contributed by atoms with Gasteiger partial charge in [0.25, 0.3) is 0 Å². The standard InChI is InChI=1S/C76H88O6/c1-47(2)59-37-55-25-33-75(77)35-29-69-67-21-17-57-39-62(19-23-63(57)65(67)27-31-73(69,75)7)80-44-52-11-15-54(16-12-52)46-82-72-42-60(48(3)4)38-56(50(72)6)26-34-76(78)36-30-70-68-22-18-58-40-61(20-24-64(58)66(68)28-32-74(70,76)8)79-43-51-9-13-53(14-10-51)45-81-71(41-59)49(55)5/h9-16,19-20,23-24,39-40,59-60,65-72,77-78H,1,3,17-18,21-22,27-32,35-38,41-46H2,2,4-8H3/t59-,60-,65-,66-,67-,68-,69+,70+,71+,72+,73+,74+,75+,76+/m1/s1. The average Bonchev–Trinajstić information content (AvgIpc) is 2.04. The number of allylic oxidation sites excluding steroid dienone is 4. The van der Waals surface area contributed by atoms with Crippen LogP contribution in [0.4, 0.5) is 0 Å². The second-order valence-electron chi connectivity index (χ2n) is 27.9. The summed E-state index contributed by atoms with van der Waals surface area (Å²) in [6.07, 6.45) is 15.2. The van der Waals surface area contributed by atoms with Gasteiger partial charge in [-0.2, -0.15) is 0 Å². The molecular weight excluding hydrogens is 1010 g/mol. The van der Waals surface area contributed by atoms with E-state index in [9.17, 15) is 10.2 Å². The molecule has 14 aliphatic heterocycles. The van der Waals surface area contributed by atoms with Crippen molar-refractivity contribution < 1.29 is 29.2 Å². The lowest BCUT2D eigenvalue weighted by atomic mass is 9.53. The van der Waals surface area contributed by atoms with Gasteiger partial charge in [0, 0.05) is 22.0 Å². The monoisotopic (exact) mass is 1100 g/mol. The van der Waals surface area contributed by atoms with Crippen LogP contribution in [0.15, 0.2) is 132 Å². The van der Waals surface area contributed by atoms with Crippen LogP contribution < -0.4 is 9.47 Å². The Morgan fingerprint density at radius 1 is 0.512 bits per heavy atom. The lowest BCUT2D eigenvalue weighted by molar-refractivity contribution is -0.0648. The molecule has 26 rings (SSSR count). The Morgan fingerprint density at radius 2 is 0.902 bits per heavy atom. The smallest absolute Gasteiger partial charge is 0.131 e. The van der Waals surface area contributed by atoms with Gasteiger partial charge in [-0.3, -0.25) is 0 Å². The van der Waals surface area contributed by atoms with E-state index in [2.05, 4.69) is 163 Å². The first-order chi connectivity index (χ1) is 39.5. The highest BCUT2D eigenvalue weighted by Crippen LogP contribution is 2.66. The maximum absolute atomic E-state index is 12.7. The number of aliphatic hydroxyl groups is 2. The molecule has 0 aromatic heterocycles. The summed E-state index contributed by atoms with van der Waals surface area (Å²) < 4.78 is 26.6. The molecule has 4 saturated carbocycles. The maximum Gasteiger partial charge on any atom is 0.131 e. The van der Waals surface area contributed by atoms with Crippen LogP contribution in [0.5, 0.6) is 11.5 Å². The summed E-state index contributed by atoms with van der Waals surface area (Å²) in [4.78, 5) is 0. The maximum atomic E-state index is 12.7. The number of hydrogen-bond acceptors (Lipinski definition) is 6. The highest BCUT2D eigenvalue weighted by atomic mass is 16.5. The van der Waals surface area contributed by atoms with Crippen molar-refractivity contribution >= 4 is 0 Å². The number of rotatable bonds is 2. The molecule has 82 heavy (non-hydrogen) atoms. The third-order valence-corrected chi connectivity index (χ3v) is 23.5. The van der Waals surface area contributed by atoms with Gasteiger partial charge in [-0.05, 0) is 258 Å². The quantitative estimate of drug-likeness (QED) is 0.154. The molecule has 14 heterocycles. The molecule has 428 valence electrons. The van der Waals surface area contributed by atoms with Crippen molar-refractivity contribution in [1.29, 1.82) is 0 Å². The number of aryl methyl sites for hydroxylation is 2. The van der Waals surface area contributed by atoms with Crippen molar-refractivity contribution in [3.8, 4) is 35.2 Å². The minimum atomic E-state index is -1.03. The highest BCUT2D eigenvalue weighted by molar-refractivity contribution is 5.47. The molecule has 0 amide bonds. The minimum Gasteiger partial charge on any atom is -0.489 e. The van der Waals surface area contributed by atoms with Crippen LogP contribution in [0.1, 0.15) is 188 Å². The first-order valence-electron chi connectivity index (χ1n) is 31.6. The molecular formula is C76H88O6. The van der Waals surface area contributed by atoms with Crippen molar-refractivity contribution in [1.82, 2.24) is 0 Å². The molecule has 2 N–H and O–H groups in total. The second-order valence-corrected chi connectivity index (χ2v) is 27.9. The largest absolute Gasteiger partial charge is 0.489 e. The first kappa shape index (κ1) is 55.6. The number of hydrogen-bond donors (Lipinski definition) is 2. The highest BCUT2D eigenvalue weighted by Gasteiger charge is 2.63. The van der Waals surface area contributed by atoms with Gasteiger partial charge < -0.3 is 29.2 Å². The summed E-state index contributed by atoms with van der Waals surface area (Å²) in [5, 5.41) is 25.5. The molecule has 14 atom stereocenters. The van der Waals surface area contributed by atoms with E-state index in [1.54, 1.807) is 0 Å². The van der Waals surface area contributed by atoms with Gasteiger partial charge in [-0.25, -0.2) is 0 Å². The molecule has 0 radical (unpaired) electrons. The number of ether oxygens (including phenoxy) is 4. The molecule has 0 saturated heterocycles. The lowest BCUT2D eigenvalue weighted by Gasteiger charge is -2.52. The lowest BCUT2D eigenvalue weighted by Crippen LogP contribution is -2.50. The fourth-order valence-electron chi connectivity index (χ4n) is 18.0. The van der Waals surface area contributed by atoms with Gasteiger partial charge >= 0.3 is 0 Å².